The summed E-state index contributed by atoms with van der Waals surface area (Å²) in [6, 6.07) is 17.7. The Labute approximate surface area is 168 Å². The number of nitrogens with zero attached hydrogens (tertiary/aromatic N) is 1. The maximum absolute atomic E-state index is 13.1. The van der Waals surface area contributed by atoms with E-state index in [1.165, 1.54) is 62.7 Å². The number of carbonyl (C=O) groups excluding carboxylic acids is 1. The van der Waals surface area contributed by atoms with Crippen LogP contribution in [0, 0.1) is 5.82 Å². The molecule has 3 aromatic rings. The summed E-state index contributed by atoms with van der Waals surface area (Å²) in [7, 11) is -1.09. The van der Waals surface area contributed by atoms with Crippen LogP contribution in [-0.2, 0) is 10.0 Å². The van der Waals surface area contributed by atoms with Gasteiger partial charge in [0.05, 0.1) is 23.4 Å². The van der Waals surface area contributed by atoms with E-state index in [-0.39, 0.29) is 10.5 Å². The van der Waals surface area contributed by atoms with Crippen LogP contribution >= 0.6 is 0 Å². The molecule has 0 saturated carbocycles. The molecule has 0 atom stereocenters. The minimum atomic E-state index is -3.94. The number of rotatable bonds is 6. The first-order valence-electron chi connectivity index (χ1n) is 8.62. The van der Waals surface area contributed by atoms with Crippen molar-refractivity contribution in [2.45, 2.75) is 4.90 Å². The number of ether oxygens (including phenoxy) is 1. The lowest BCUT2D eigenvalue weighted by molar-refractivity contribution is 0.102. The van der Waals surface area contributed by atoms with Gasteiger partial charge in [-0.1, -0.05) is 18.2 Å². The summed E-state index contributed by atoms with van der Waals surface area (Å²) < 4.78 is 45.2. The van der Waals surface area contributed by atoms with E-state index >= 15 is 0 Å². The molecule has 3 rings (SSSR count). The van der Waals surface area contributed by atoms with Crippen molar-refractivity contribution in [3.63, 3.8) is 0 Å². The van der Waals surface area contributed by atoms with Gasteiger partial charge < -0.3 is 10.1 Å². The van der Waals surface area contributed by atoms with E-state index in [1.54, 1.807) is 24.3 Å². The molecule has 0 aliphatic carbocycles. The summed E-state index contributed by atoms with van der Waals surface area (Å²) >= 11 is 0. The smallest absolute Gasteiger partial charge is 0.264 e. The Balaban J connectivity index is 1.88. The first-order chi connectivity index (χ1) is 13.8. The molecule has 0 heterocycles. The van der Waals surface area contributed by atoms with E-state index in [0.717, 1.165) is 4.31 Å². The second-order valence-electron chi connectivity index (χ2n) is 6.13. The van der Waals surface area contributed by atoms with Crippen LogP contribution in [0.4, 0.5) is 15.8 Å². The zero-order valence-electron chi connectivity index (χ0n) is 15.8. The molecule has 8 heteroatoms. The monoisotopic (exact) mass is 414 g/mol. The third-order valence-electron chi connectivity index (χ3n) is 4.30. The SMILES string of the molecule is COc1ccccc1NC(=O)c1cccc(S(=O)(=O)N(C)c2ccc(F)cc2)c1. The number of methoxy groups -OCH3 is 1. The van der Waals surface area contributed by atoms with Gasteiger partial charge in [0, 0.05) is 12.6 Å². The highest BCUT2D eigenvalue weighted by molar-refractivity contribution is 7.92. The summed E-state index contributed by atoms with van der Waals surface area (Å²) in [6.07, 6.45) is 0. The van der Waals surface area contributed by atoms with Crippen LogP contribution in [0.5, 0.6) is 5.75 Å². The van der Waals surface area contributed by atoms with Crippen molar-refractivity contribution in [1.29, 1.82) is 0 Å². The first-order valence-corrected chi connectivity index (χ1v) is 10.1. The van der Waals surface area contributed by atoms with Crippen LogP contribution in [0.3, 0.4) is 0 Å². The standard InChI is InChI=1S/C21H19FN2O4S/c1-24(17-12-10-16(22)11-13-17)29(26,27)18-7-5-6-15(14-18)21(25)23-19-8-3-4-9-20(19)28-2/h3-14H,1-2H3,(H,23,25). The Bertz CT molecular complexity index is 1130. The highest BCUT2D eigenvalue weighted by Crippen LogP contribution is 2.25. The fourth-order valence-corrected chi connectivity index (χ4v) is 3.93. The molecule has 0 saturated heterocycles. The van der Waals surface area contributed by atoms with Crippen molar-refractivity contribution in [3.8, 4) is 5.75 Å². The molecular formula is C21H19FN2O4S. The van der Waals surface area contributed by atoms with Crippen LogP contribution in [-0.4, -0.2) is 28.5 Å². The van der Waals surface area contributed by atoms with Gasteiger partial charge in [0.2, 0.25) is 0 Å². The summed E-state index contributed by atoms with van der Waals surface area (Å²) in [5.41, 5.74) is 0.941. The van der Waals surface area contributed by atoms with Crippen LogP contribution < -0.4 is 14.4 Å². The normalized spacial score (nSPS) is 11.0. The van der Waals surface area contributed by atoms with Gasteiger partial charge in [-0.3, -0.25) is 9.10 Å². The van der Waals surface area contributed by atoms with E-state index in [2.05, 4.69) is 5.32 Å². The second-order valence-corrected chi connectivity index (χ2v) is 8.10. The molecule has 0 aliphatic heterocycles. The van der Waals surface area contributed by atoms with Gasteiger partial charge in [0.25, 0.3) is 15.9 Å². The number of anilines is 2. The molecule has 0 radical (unpaired) electrons. The quantitative estimate of drug-likeness (QED) is 0.664. The summed E-state index contributed by atoms with van der Waals surface area (Å²) in [6.45, 7) is 0. The topological polar surface area (TPSA) is 75.7 Å². The molecule has 150 valence electrons. The number of nitrogens with one attached hydrogen (secondary N) is 1. The van der Waals surface area contributed by atoms with Crippen molar-refractivity contribution in [3.05, 3.63) is 84.2 Å². The largest absolute Gasteiger partial charge is 0.495 e. The van der Waals surface area contributed by atoms with E-state index in [9.17, 15) is 17.6 Å². The molecule has 6 nitrogen and oxygen atoms in total. The van der Waals surface area contributed by atoms with Crippen molar-refractivity contribution in [1.82, 2.24) is 0 Å². The molecule has 0 bridgehead atoms. The van der Waals surface area contributed by atoms with Crippen molar-refractivity contribution in [2.75, 3.05) is 23.8 Å². The van der Waals surface area contributed by atoms with Gasteiger partial charge in [-0.25, -0.2) is 12.8 Å². The Morgan fingerprint density at radius 3 is 2.38 bits per heavy atom. The third kappa shape index (κ3) is 4.38. The zero-order valence-corrected chi connectivity index (χ0v) is 16.6. The molecule has 0 fully saturated rings. The molecule has 0 spiro atoms. The zero-order chi connectivity index (χ0) is 21.0. The Hall–Kier alpha value is -3.39. The number of benzene rings is 3. The minimum Gasteiger partial charge on any atom is -0.495 e. The van der Waals surface area contributed by atoms with Crippen LogP contribution in [0.1, 0.15) is 10.4 Å². The number of halogens is 1. The highest BCUT2D eigenvalue weighted by atomic mass is 32.2. The lowest BCUT2D eigenvalue weighted by atomic mass is 10.2. The molecule has 0 aliphatic rings. The minimum absolute atomic E-state index is 0.0583. The number of para-hydroxylation sites is 2. The number of hydrogen-bond acceptors (Lipinski definition) is 4. The van der Waals surface area contributed by atoms with E-state index in [0.29, 0.717) is 17.1 Å². The molecule has 3 aromatic carbocycles. The predicted molar refractivity (Wildman–Crippen MR) is 109 cm³/mol. The highest BCUT2D eigenvalue weighted by Gasteiger charge is 2.22. The van der Waals surface area contributed by atoms with Gasteiger partial charge in [-0.2, -0.15) is 0 Å². The van der Waals surface area contributed by atoms with Gasteiger partial charge in [0.1, 0.15) is 11.6 Å². The van der Waals surface area contributed by atoms with Gasteiger partial charge >= 0.3 is 0 Å². The van der Waals surface area contributed by atoms with Crippen LogP contribution in [0.15, 0.2) is 77.7 Å². The maximum atomic E-state index is 13.1. The maximum Gasteiger partial charge on any atom is 0.264 e. The summed E-state index contributed by atoms with van der Waals surface area (Å²) in [5.74, 6) is -0.453. The first kappa shape index (κ1) is 20.3. The number of hydrogen-bond donors (Lipinski definition) is 1. The van der Waals surface area contributed by atoms with Gasteiger partial charge in [-0.05, 0) is 54.6 Å². The van der Waals surface area contributed by atoms with Gasteiger partial charge in [0.15, 0.2) is 0 Å². The Morgan fingerprint density at radius 2 is 1.69 bits per heavy atom. The average Bonchev–Trinajstić information content (AvgIpc) is 2.74. The van der Waals surface area contributed by atoms with E-state index < -0.39 is 21.7 Å². The average molecular weight is 414 g/mol. The molecule has 29 heavy (non-hydrogen) atoms. The lowest BCUT2D eigenvalue weighted by Gasteiger charge is -2.20. The number of amides is 1. The van der Waals surface area contributed by atoms with Crippen LogP contribution in [0.25, 0.3) is 0 Å². The predicted octanol–water partition coefficient (Wildman–Crippen LogP) is 3.91. The number of carbonyl (C=O) groups is 1. The van der Waals surface area contributed by atoms with E-state index in [1.807, 2.05) is 0 Å². The molecule has 1 amide bonds. The number of sulfonamides is 1. The molecule has 0 aromatic heterocycles. The Morgan fingerprint density at radius 1 is 1.00 bits per heavy atom. The Kier molecular flexibility index (Phi) is 5.84. The van der Waals surface area contributed by atoms with Crippen molar-refractivity contribution < 1.29 is 22.3 Å². The third-order valence-corrected chi connectivity index (χ3v) is 6.08. The summed E-state index contributed by atoms with van der Waals surface area (Å²) in [4.78, 5) is 12.6. The summed E-state index contributed by atoms with van der Waals surface area (Å²) in [5, 5.41) is 2.71. The van der Waals surface area contributed by atoms with E-state index in [4.69, 9.17) is 4.74 Å². The molecule has 0 unspecified atom stereocenters. The van der Waals surface area contributed by atoms with Gasteiger partial charge in [-0.15, -0.1) is 0 Å². The fraction of sp³-hybridized carbons (Fsp3) is 0.0952. The second kappa shape index (κ2) is 8.32. The van der Waals surface area contributed by atoms with Crippen LogP contribution in [0.2, 0.25) is 0 Å². The molecular weight excluding hydrogens is 395 g/mol. The molecule has 1 N–H and O–H groups in total. The fourth-order valence-electron chi connectivity index (χ4n) is 2.69. The lowest BCUT2D eigenvalue weighted by Crippen LogP contribution is -2.26. The van der Waals surface area contributed by atoms with Crippen molar-refractivity contribution in [2.24, 2.45) is 0 Å². The van der Waals surface area contributed by atoms with Crippen molar-refractivity contribution >= 4 is 27.3 Å².